The maximum Gasteiger partial charge on any atom is 0.263 e. The van der Waals surface area contributed by atoms with Gasteiger partial charge in [-0.15, -0.1) is 0 Å². The highest BCUT2D eigenvalue weighted by Crippen LogP contribution is 2.25. The van der Waals surface area contributed by atoms with E-state index in [0.29, 0.717) is 11.3 Å². The minimum Gasteiger partial charge on any atom is -0.388 e. The van der Waals surface area contributed by atoms with Crippen molar-refractivity contribution in [3.63, 3.8) is 0 Å². The van der Waals surface area contributed by atoms with Crippen LogP contribution in [-0.2, 0) is 14.8 Å². The van der Waals surface area contributed by atoms with Crippen molar-refractivity contribution in [1.82, 2.24) is 0 Å². The van der Waals surface area contributed by atoms with Crippen LogP contribution in [0, 0.1) is 0 Å². The zero-order chi connectivity index (χ0) is 17.7. The number of hydrogen-bond acceptors (Lipinski definition) is 5. The van der Waals surface area contributed by atoms with Crippen LogP contribution in [-0.4, -0.2) is 24.4 Å². The molecule has 1 atom stereocenters. The summed E-state index contributed by atoms with van der Waals surface area (Å²) in [4.78, 5) is 10.9. The molecule has 0 spiro atoms. The molecular formula is C16H16ClNO4S2. The molecule has 5 nitrogen and oxygen atoms in total. The van der Waals surface area contributed by atoms with E-state index >= 15 is 0 Å². The number of nitrogens with one attached hydrogen (secondary N) is 1. The fourth-order valence-electron chi connectivity index (χ4n) is 1.94. The van der Waals surface area contributed by atoms with E-state index in [-0.39, 0.29) is 20.8 Å². The summed E-state index contributed by atoms with van der Waals surface area (Å²) in [6, 6.07) is 12.5. The lowest BCUT2D eigenvalue weighted by molar-refractivity contribution is -0.109. The molecule has 2 N–H and O–H groups in total. The molecule has 2 aromatic carbocycles. The second-order valence-corrected chi connectivity index (χ2v) is 8.23. The molecule has 1 unspecified atom stereocenters. The number of thioether (sulfide) groups is 1. The topological polar surface area (TPSA) is 83.5 Å². The molecule has 2 aromatic rings. The van der Waals surface area contributed by atoms with Gasteiger partial charge in [0.1, 0.15) is 4.90 Å². The Morgan fingerprint density at radius 3 is 2.42 bits per heavy atom. The number of benzene rings is 2. The molecule has 0 saturated carbocycles. The molecule has 8 heteroatoms. The number of hydrogen-bond donors (Lipinski definition) is 2. The molecule has 0 heterocycles. The molecule has 0 aliphatic carbocycles. The van der Waals surface area contributed by atoms with Gasteiger partial charge >= 0.3 is 0 Å². The van der Waals surface area contributed by atoms with Gasteiger partial charge in [0, 0.05) is 18.4 Å². The normalized spacial score (nSPS) is 12.6. The zero-order valence-electron chi connectivity index (χ0n) is 12.8. The van der Waals surface area contributed by atoms with Gasteiger partial charge in [0.05, 0.1) is 11.1 Å². The van der Waals surface area contributed by atoms with Crippen LogP contribution >= 0.6 is 23.4 Å². The quantitative estimate of drug-likeness (QED) is 0.795. The molecule has 0 aliphatic rings. The van der Waals surface area contributed by atoms with E-state index in [1.807, 2.05) is 0 Å². The van der Waals surface area contributed by atoms with Crippen molar-refractivity contribution in [2.45, 2.75) is 17.9 Å². The Hall–Kier alpha value is -1.54. The van der Waals surface area contributed by atoms with Crippen molar-refractivity contribution in [1.29, 1.82) is 0 Å². The number of carbonyl (C=O) groups excluding carboxylic acids is 1. The summed E-state index contributed by atoms with van der Waals surface area (Å²) >= 11 is 6.95. The SMILES string of the molecule is CC(=O)SCC(O)c1ccc(NS(=O)(=O)c2ccccc2Cl)cc1. The van der Waals surface area contributed by atoms with Crippen LogP contribution in [0.5, 0.6) is 0 Å². The smallest absolute Gasteiger partial charge is 0.263 e. The second-order valence-electron chi connectivity index (χ2n) is 4.98. The third kappa shape index (κ3) is 4.98. The predicted molar refractivity (Wildman–Crippen MR) is 96.8 cm³/mol. The van der Waals surface area contributed by atoms with Crippen molar-refractivity contribution in [2.24, 2.45) is 0 Å². The maximum absolute atomic E-state index is 12.3. The monoisotopic (exact) mass is 385 g/mol. The van der Waals surface area contributed by atoms with Gasteiger partial charge in [-0.2, -0.15) is 0 Å². The third-order valence-corrected chi connectivity index (χ3v) is 5.89. The fraction of sp³-hybridized carbons (Fsp3) is 0.188. The van der Waals surface area contributed by atoms with E-state index < -0.39 is 16.1 Å². The first-order valence-electron chi connectivity index (χ1n) is 6.98. The van der Waals surface area contributed by atoms with Crippen LogP contribution in [0.4, 0.5) is 5.69 Å². The molecule has 0 bridgehead atoms. The van der Waals surface area contributed by atoms with Gasteiger partial charge < -0.3 is 5.11 Å². The Kier molecular flexibility index (Phi) is 6.28. The molecule has 0 aromatic heterocycles. The molecule has 2 rings (SSSR count). The maximum atomic E-state index is 12.3. The number of aliphatic hydroxyl groups excluding tert-OH is 1. The number of halogens is 1. The molecule has 24 heavy (non-hydrogen) atoms. The molecule has 0 fully saturated rings. The standard InChI is InChI=1S/C16H16ClNO4S2/c1-11(19)23-10-15(20)12-6-8-13(9-7-12)18-24(21,22)16-5-3-2-4-14(16)17/h2-9,15,18,20H,10H2,1H3. The number of anilines is 1. The van der Waals surface area contributed by atoms with Crippen LogP contribution in [0.3, 0.4) is 0 Å². The molecule has 0 amide bonds. The van der Waals surface area contributed by atoms with Gasteiger partial charge in [0.25, 0.3) is 10.0 Å². The Morgan fingerprint density at radius 1 is 1.21 bits per heavy atom. The summed E-state index contributed by atoms with van der Waals surface area (Å²) < 4.78 is 27.1. The van der Waals surface area contributed by atoms with E-state index in [9.17, 15) is 18.3 Å². The minimum absolute atomic E-state index is 0.00589. The van der Waals surface area contributed by atoms with Crippen LogP contribution < -0.4 is 4.72 Å². The summed E-state index contributed by atoms with van der Waals surface area (Å²) in [6.45, 7) is 1.43. The van der Waals surface area contributed by atoms with E-state index in [2.05, 4.69) is 4.72 Å². The molecule has 0 radical (unpaired) electrons. The Bertz CT molecular complexity index is 822. The second kappa shape index (κ2) is 8.02. The lowest BCUT2D eigenvalue weighted by atomic mass is 10.1. The van der Waals surface area contributed by atoms with Gasteiger partial charge in [-0.3, -0.25) is 9.52 Å². The highest BCUT2D eigenvalue weighted by atomic mass is 35.5. The minimum atomic E-state index is -3.79. The van der Waals surface area contributed by atoms with Crippen LogP contribution in [0.1, 0.15) is 18.6 Å². The van der Waals surface area contributed by atoms with Gasteiger partial charge in [-0.05, 0) is 29.8 Å². The summed E-state index contributed by atoms with van der Waals surface area (Å²) in [5.41, 5.74) is 0.953. The van der Waals surface area contributed by atoms with Crippen molar-refractivity contribution >= 4 is 44.2 Å². The lowest BCUT2D eigenvalue weighted by Crippen LogP contribution is -2.13. The van der Waals surface area contributed by atoms with E-state index in [4.69, 9.17) is 11.6 Å². The first-order valence-corrected chi connectivity index (χ1v) is 9.83. The first kappa shape index (κ1) is 18.8. The Morgan fingerprint density at radius 2 is 1.83 bits per heavy atom. The highest BCUT2D eigenvalue weighted by Gasteiger charge is 2.17. The average molecular weight is 386 g/mol. The van der Waals surface area contributed by atoms with Gasteiger partial charge in [0.2, 0.25) is 0 Å². The van der Waals surface area contributed by atoms with Crippen LogP contribution in [0.25, 0.3) is 0 Å². The third-order valence-electron chi connectivity index (χ3n) is 3.12. The molecule has 0 saturated heterocycles. The summed E-state index contributed by atoms with van der Waals surface area (Å²) in [5, 5.41) is 10.0. The molecule has 0 aliphatic heterocycles. The summed E-state index contributed by atoms with van der Waals surface area (Å²) in [6.07, 6.45) is -0.798. The number of aliphatic hydroxyl groups is 1. The van der Waals surface area contributed by atoms with Crippen molar-refractivity contribution in [3.8, 4) is 0 Å². The number of carbonyl (C=O) groups is 1. The lowest BCUT2D eigenvalue weighted by Gasteiger charge is -2.12. The van der Waals surface area contributed by atoms with Crippen LogP contribution in [0.2, 0.25) is 5.02 Å². The summed E-state index contributed by atoms with van der Waals surface area (Å²) in [5.74, 6) is 0.250. The summed E-state index contributed by atoms with van der Waals surface area (Å²) in [7, 11) is -3.79. The van der Waals surface area contributed by atoms with E-state index in [1.165, 1.54) is 19.1 Å². The van der Waals surface area contributed by atoms with Gasteiger partial charge in [-0.1, -0.05) is 47.6 Å². The van der Waals surface area contributed by atoms with Crippen LogP contribution in [0.15, 0.2) is 53.4 Å². The first-order chi connectivity index (χ1) is 11.3. The zero-order valence-corrected chi connectivity index (χ0v) is 15.2. The van der Waals surface area contributed by atoms with E-state index in [1.54, 1.807) is 36.4 Å². The van der Waals surface area contributed by atoms with E-state index in [0.717, 1.165) is 11.8 Å². The molecule has 128 valence electrons. The van der Waals surface area contributed by atoms with Gasteiger partial charge in [0.15, 0.2) is 5.12 Å². The number of rotatable bonds is 6. The van der Waals surface area contributed by atoms with Crippen molar-refractivity contribution < 1.29 is 18.3 Å². The van der Waals surface area contributed by atoms with Crippen molar-refractivity contribution in [2.75, 3.05) is 10.5 Å². The predicted octanol–water partition coefficient (Wildman–Crippen LogP) is 3.45. The van der Waals surface area contributed by atoms with Crippen molar-refractivity contribution in [3.05, 3.63) is 59.1 Å². The number of sulfonamides is 1. The highest BCUT2D eigenvalue weighted by molar-refractivity contribution is 8.13. The Balaban J connectivity index is 2.11. The molecular weight excluding hydrogens is 370 g/mol. The van der Waals surface area contributed by atoms with Gasteiger partial charge in [-0.25, -0.2) is 8.42 Å². The fourth-order valence-corrected chi connectivity index (χ4v) is 4.10. The Labute approximate surface area is 150 Å². The average Bonchev–Trinajstić information content (AvgIpc) is 2.53. The largest absolute Gasteiger partial charge is 0.388 e.